The molecular weight excluding hydrogens is 258 g/mol. The number of pyridine rings is 1. The van der Waals surface area contributed by atoms with Gasteiger partial charge in [-0.1, -0.05) is 12.2 Å². The van der Waals surface area contributed by atoms with Crippen molar-refractivity contribution in [2.75, 3.05) is 6.61 Å². The van der Waals surface area contributed by atoms with E-state index in [1.807, 2.05) is 18.5 Å². The van der Waals surface area contributed by atoms with Crippen LogP contribution < -0.4 is 0 Å². The molecule has 0 fully saturated rings. The zero-order valence-corrected chi connectivity index (χ0v) is 12.1. The van der Waals surface area contributed by atoms with Crippen LogP contribution in [0.3, 0.4) is 0 Å². The van der Waals surface area contributed by atoms with E-state index in [2.05, 4.69) is 11.1 Å². The molecule has 2 rings (SSSR count). The highest BCUT2D eigenvalue weighted by molar-refractivity contribution is 7.71. The second kappa shape index (κ2) is 5.98. The number of ether oxygens (including phenoxy) is 1. The van der Waals surface area contributed by atoms with Crippen molar-refractivity contribution in [3.8, 4) is 6.07 Å². The first-order valence-corrected chi connectivity index (χ1v) is 6.90. The molecule has 5 heteroatoms. The molecule has 1 heterocycles. The van der Waals surface area contributed by atoms with Gasteiger partial charge in [0.25, 0.3) is 0 Å². The lowest BCUT2D eigenvalue weighted by Gasteiger charge is -2.20. The summed E-state index contributed by atoms with van der Waals surface area (Å²) in [5.41, 5.74) is 2.87. The fourth-order valence-corrected chi connectivity index (χ4v) is 2.76. The Hall–Kier alpha value is -1.67. The van der Waals surface area contributed by atoms with E-state index in [0.717, 1.165) is 41.5 Å². The zero-order chi connectivity index (χ0) is 13.8. The third-order valence-electron chi connectivity index (χ3n) is 3.40. The van der Waals surface area contributed by atoms with Crippen LogP contribution in [0.2, 0.25) is 0 Å². The lowest BCUT2D eigenvalue weighted by Crippen LogP contribution is -2.11. The van der Waals surface area contributed by atoms with Crippen molar-refractivity contribution in [1.29, 1.82) is 5.26 Å². The minimum Gasteiger partial charge on any atom is -0.483 e. The number of aromatic nitrogens is 1. The van der Waals surface area contributed by atoms with Crippen LogP contribution in [0.25, 0.3) is 0 Å². The number of fused-ring (bicyclic) bond motifs is 1. The van der Waals surface area contributed by atoms with Crippen LogP contribution in [-0.2, 0) is 24.6 Å². The fourth-order valence-electron chi connectivity index (χ4n) is 2.45. The second-order valence-electron chi connectivity index (χ2n) is 4.53. The Bertz CT molecular complexity index is 611. The van der Waals surface area contributed by atoms with Crippen molar-refractivity contribution in [2.24, 2.45) is 12.0 Å². The molecule has 0 bridgehead atoms. The van der Waals surface area contributed by atoms with Gasteiger partial charge < -0.3 is 9.30 Å². The molecule has 0 saturated carbocycles. The Kier molecular flexibility index (Phi) is 4.33. The van der Waals surface area contributed by atoms with E-state index in [4.69, 9.17) is 17.0 Å². The van der Waals surface area contributed by atoms with Gasteiger partial charge >= 0.3 is 0 Å². The average Bonchev–Trinajstić information content (AvgIpc) is 2.44. The van der Waals surface area contributed by atoms with Crippen molar-refractivity contribution in [1.82, 2.24) is 4.57 Å². The molecule has 0 amide bonds. The molecule has 19 heavy (non-hydrogen) atoms. The summed E-state index contributed by atoms with van der Waals surface area (Å²) >= 11 is 5.49. The highest BCUT2D eigenvalue weighted by Crippen LogP contribution is 2.31. The summed E-state index contributed by atoms with van der Waals surface area (Å²) < 4.78 is 7.73. The highest BCUT2D eigenvalue weighted by Gasteiger charge is 2.20. The van der Waals surface area contributed by atoms with Crippen LogP contribution in [0.5, 0.6) is 0 Å². The Balaban J connectivity index is 2.63. The Morgan fingerprint density at radius 3 is 2.74 bits per heavy atom. The molecule has 4 nitrogen and oxygen atoms in total. The highest BCUT2D eigenvalue weighted by atomic mass is 32.1. The van der Waals surface area contributed by atoms with E-state index in [9.17, 15) is 5.26 Å². The number of rotatable bonds is 3. The van der Waals surface area contributed by atoms with Gasteiger partial charge in [0.1, 0.15) is 10.7 Å². The lowest BCUT2D eigenvalue weighted by atomic mass is 9.90. The minimum absolute atomic E-state index is 0.556. The molecule has 0 saturated heterocycles. The van der Waals surface area contributed by atoms with E-state index < -0.39 is 0 Å². The first kappa shape index (κ1) is 13.8. The predicted molar refractivity (Wildman–Crippen MR) is 77.4 cm³/mol. The van der Waals surface area contributed by atoms with Crippen molar-refractivity contribution < 1.29 is 4.74 Å². The quantitative estimate of drug-likeness (QED) is 0.483. The largest absolute Gasteiger partial charge is 0.483 e. The van der Waals surface area contributed by atoms with Gasteiger partial charge in [-0.2, -0.15) is 5.26 Å². The molecule has 0 unspecified atom stereocenters. The van der Waals surface area contributed by atoms with Gasteiger partial charge in [0, 0.05) is 7.05 Å². The fraction of sp³-hybridized carbons (Fsp3) is 0.500. The molecule has 0 aromatic carbocycles. The normalized spacial score (nSPS) is 14.2. The number of hydrogen-bond acceptors (Lipinski definition) is 4. The van der Waals surface area contributed by atoms with Crippen molar-refractivity contribution in [2.45, 2.75) is 32.6 Å². The smallest absolute Gasteiger partial charge is 0.176 e. The summed E-state index contributed by atoms with van der Waals surface area (Å²) in [4.78, 5) is 4.26. The number of nitrogens with zero attached hydrogens (tertiary/aromatic N) is 3. The van der Waals surface area contributed by atoms with Crippen LogP contribution in [0, 0.1) is 16.0 Å². The summed E-state index contributed by atoms with van der Waals surface area (Å²) in [6.45, 7) is 2.45. The molecule has 0 radical (unpaired) electrons. The van der Waals surface area contributed by atoms with Crippen LogP contribution in [0.15, 0.2) is 4.99 Å². The van der Waals surface area contributed by atoms with Crippen LogP contribution in [0.4, 0.5) is 5.82 Å². The standard InChI is InChI=1S/C14H17N3OS/c1-3-18-9-16-13-12(8-15)10-6-4-5-7-11(10)14(19)17(13)2/h9H,3-7H2,1-2H3. The zero-order valence-electron chi connectivity index (χ0n) is 11.3. The molecule has 0 atom stereocenters. The summed E-state index contributed by atoms with van der Waals surface area (Å²) in [5.74, 6) is 0.599. The lowest BCUT2D eigenvalue weighted by molar-refractivity contribution is 0.343. The second-order valence-corrected chi connectivity index (χ2v) is 4.92. The van der Waals surface area contributed by atoms with E-state index in [-0.39, 0.29) is 0 Å². The SMILES string of the molecule is CCOC=Nc1c(C#N)c2c(c(=S)n1C)CCCC2. The van der Waals surface area contributed by atoms with E-state index >= 15 is 0 Å². The third-order valence-corrected chi connectivity index (χ3v) is 3.92. The van der Waals surface area contributed by atoms with Crippen molar-refractivity contribution >= 4 is 24.4 Å². The van der Waals surface area contributed by atoms with Gasteiger partial charge in [0.2, 0.25) is 0 Å². The summed E-state index contributed by atoms with van der Waals surface area (Å²) in [7, 11) is 1.86. The molecule has 0 aliphatic heterocycles. The Morgan fingerprint density at radius 1 is 1.42 bits per heavy atom. The van der Waals surface area contributed by atoms with Crippen LogP contribution in [-0.4, -0.2) is 17.6 Å². The topological polar surface area (TPSA) is 50.3 Å². The number of aliphatic imine (C=N–C) groups is 1. The van der Waals surface area contributed by atoms with Gasteiger partial charge in [0.15, 0.2) is 12.2 Å². The van der Waals surface area contributed by atoms with Crippen molar-refractivity contribution in [3.05, 3.63) is 21.3 Å². The molecule has 0 spiro atoms. The van der Waals surface area contributed by atoms with E-state index in [1.54, 1.807) is 0 Å². The molecule has 1 aromatic heterocycles. The summed E-state index contributed by atoms with van der Waals surface area (Å²) in [6.07, 6.45) is 5.52. The Morgan fingerprint density at radius 2 is 2.11 bits per heavy atom. The van der Waals surface area contributed by atoms with Gasteiger partial charge in [0.05, 0.1) is 12.2 Å². The van der Waals surface area contributed by atoms with E-state index in [0.29, 0.717) is 18.0 Å². The van der Waals surface area contributed by atoms with Crippen LogP contribution >= 0.6 is 12.2 Å². The van der Waals surface area contributed by atoms with Gasteiger partial charge in [-0.25, -0.2) is 4.99 Å². The van der Waals surface area contributed by atoms with Crippen LogP contribution in [0.1, 0.15) is 36.5 Å². The summed E-state index contributed by atoms with van der Waals surface area (Å²) in [6, 6.07) is 2.28. The molecule has 1 aromatic rings. The minimum atomic E-state index is 0.556. The third kappa shape index (κ3) is 2.54. The molecule has 1 aliphatic carbocycles. The molecule has 1 aliphatic rings. The first-order chi connectivity index (χ1) is 9.20. The predicted octanol–water partition coefficient (Wildman–Crippen LogP) is 3.20. The summed E-state index contributed by atoms with van der Waals surface area (Å²) in [5, 5.41) is 9.43. The molecular formula is C14H17N3OS. The first-order valence-electron chi connectivity index (χ1n) is 6.49. The number of hydrogen-bond donors (Lipinski definition) is 0. The monoisotopic (exact) mass is 275 g/mol. The van der Waals surface area contributed by atoms with Gasteiger partial charge in [-0.15, -0.1) is 0 Å². The maximum Gasteiger partial charge on any atom is 0.176 e. The molecule has 100 valence electrons. The average molecular weight is 275 g/mol. The van der Waals surface area contributed by atoms with Crippen molar-refractivity contribution in [3.63, 3.8) is 0 Å². The van der Waals surface area contributed by atoms with Gasteiger partial charge in [-0.3, -0.25) is 0 Å². The Labute approximate surface area is 118 Å². The van der Waals surface area contributed by atoms with Gasteiger partial charge in [-0.05, 0) is 43.7 Å². The number of nitriles is 1. The van der Waals surface area contributed by atoms with E-state index in [1.165, 1.54) is 6.40 Å². The molecule has 0 N–H and O–H groups in total. The maximum atomic E-state index is 9.43. The maximum absolute atomic E-state index is 9.43.